The zero-order chi connectivity index (χ0) is 19.0. The van der Waals surface area contributed by atoms with Gasteiger partial charge in [-0.25, -0.2) is 8.42 Å². The van der Waals surface area contributed by atoms with Crippen LogP contribution < -0.4 is 5.32 Å². The fourth-order valence-electron chi connectivity index (χ4n) is 4.10. The molecule has 27 heavy (non-hydrogen) atoms. The highest BCUT2D eigenvalue weighted by molar-refractivity contribution is 7.89. The summed E-state index contributed by atoms with van der Waals surface area (Å²) >= 11 is 0. The van der Waals surface area contributed by atoms with Crippen LogP contribution in [0.3, 0.4) is 0 Å². The van der Waals surface area contributed by atoms with Crippen molar-refractivity contribution < 1.29 is 13.2 Å². The third-order valence-corrected chi connectivity index (χ3v) is 7.80. The lowest BCUT2D eigenvalue weighted by molar-refractivity contribution is 0.0933. The second-order valence-corrected chi connectivity index (χ2v) is 9.91. The number of fused-ring (bicyclic) bond motifs is 1. The molecule has 0 spiro atoms. The van der Waals surface area contributed by atoms with E-state index in [1.807, 2.05) is 0 Å². The molecule has 6 nitrogen and oxygen atoms in total. The van der Waals surface area contributed by atoms with E-state index in [0.717, 1.165) is 49.4 Å². The van der Waals surface area contributed by atoms with Gasteiger partial charge in [-0.05, 0) is 55.9 Å². The lowest BCUT2D eigenvalue weighted by atomic mass is 10.0. The molecule has 2 aliphatic rings. The summed E-state index contributed by atoms with van der Waals surface area (Å²) in [5.41, 5.74) is 1.26. The van der Waals surface area contributed by atoms with Crippen molar-refractivity contribution in [3.05, 3.63) is 30.0 Å². The van der Waals surface area contributed by atoms with Crippen LogP contribution in [-0.2, 0) is 10.0 Å². The molecule has 2 heterocycles. The molecule has 0 radical (unpaired) electrons. The van der Waals surface area contributed by atoms with E-state index in [4.69, 9.17) is 0 Å². The fraction of sp³-hybridized carbons (Fsp3) is 0.550. The van der Waals surface area contributed by atoms with Gasteiger partial charge in [-0.2, -0.15) is 4.31 Å². The van der Waals surface area contributed by atoms with Crippen LogP contribution in [0.4, 0.5) is 0 Å². The standard InChI is InChI=1S/C20H27N3O3S/c1-14-8-10-23(11-9-14)27(25,26)17-6-7-18-15(12-17)13-19(22-18)20(24)21-16-4-2-3-5-16/h6-7,12-14,16,22H,2-5,8-11H2,1H3,(H,21,24). The molecule has 1 saturated carbocycles. The Balaban J connectivity index is 1.56. The molecule has 2 fully saturated rings. The van der Waals surface area contributed by atoms with Crippen molar-refractivity contribution >= 4 is 26.8 Å². The Morgan fingerprint density at radius 1 is 1.11 bits per heavy atom. The maximum Gasteiger partial charge on any atom is 0.267 e. The molecule has 1 aliphatic carbocycles. The highest BCUT2D eigenvalue weighted by Gasteiger charge is 2.28. The summed E-state index contributed by atoms with van der Waals surface area (Å²) in [4.78, 5) is 15.9. The third kappa shape index (κ3) is 3.75. The van der Waals surface area contributed by atoms with E-state index in [9.17, 15) is 13.2 Å². The van der Waals surface area contributed by atoms with Gasteiger partial charge in [-0.1, -0.05) is 19.8 Å². The van der Waals surface area contributed by atoms with Gasteiger partial charge in [0, 0.05) is 30.0 Å². The van der Waals surface area contributed by atoms with Gasteiger partial charge in [0.1, 0.15) is 5.69 Å². The quantitative estimate of drug-likeness (QED) is 0.842. The molecular formula is C20H27N3O3S. The summed E-state index contributed by atoms with van der Waals surface area (Å²) in [6.45, 7) is 3.31. The highest BCUT2D eigenvalue weighted by Crippen LogP contribution is 2.26. The minimum atomic E-state index is -3.49. The molecule has 2 N–H and O–H groups in total. The molecule has 146 valence electrons. The number of amides is 1. The van der Waals surface area contributed by atoms with E-state index in [2.05, 4.69) is 17.2 Å². The maximum absolute atomic E-state index is 12.9. The first-order valence-corrected chi connectivity index (χ1v) is 11.3. The number of hydrogen-bond acceptors (Lipinski definition) is 3. The van der Waals surface area contributed by atoms with Crippen LogP contribution in [0.1, 0.15) is 55.9 Å². The Kier molecular flexibility index (Phi) is 4.99. The lowest BCUT2D eigenvalue weighted by Gasteiger charge is -2.29. The Morgan fingerprint density at radius 2 is 1.81 bits per heavy atom. The molecule has 7 heteroatoms. The number of carbonyl (C=O) groups excluding carboxylic acids is 1. The van der Waals surface area contributed by atoms with Crippen LogP contribution in [0.15, 0.2) is 29.2 Å². The molecular weight excluding hydrogens is 362 g/mol. The number of nitrogens with one attached hydrogen (secondary N) is 2. The Bertz CT molecular complexity index is 937. The van der Waals surface area contributed by atoms with Crippen LogP contribution in [0, 0.1) is 5.92 Å². The number of aromatic amines is 1. The Hall–Kier alpha value is -1.86. The van der Waals surface area contributed by atoms with Gasteiger partial charge < -0.3 is 10.3 Å². The van der Waals surface area contributed by atoms with Crippen molar-refractivity contribution in [2.75, 3.05) is 13.1 Å². The first-order chi connectivity index (χ1) is 12.9. The van der Waals surface area contributed by atoms with Crippen molar-refractivity contribution in [1.29, 1.82) is 0 Å². The Morgan fingerprint density at radius 3 is 2.52 bits per heavy atom. The normalized spacial score (nSPS) is 20.3. The van der Waals surface area contributed by atoms with Crippen molar-refractivity contribution in [1.82, 2.24) is 14.6 Å². The average Bonchev–Trinajstić information content (AvgIpc) is 3.30. The van der Waals surface area contributed by atoms with Gasteiger partial charge in [0.25, 0.3) is 5.91 Å². The Labute approximate surface area is 160 Å². The predicted octanol–water partition coefficient (Wildman–Crippen LogP) is 3.26. The third-order valence-electron chi connectivity index (χ3n) is 5.91. The topological polar surface area (TPSA) is 82.3 Å². The van der Waals surface area contributed by atoms with E-state index in [1.165, 1.54) is 0 Å². The van der Waals surface area contributed by atoms with E-state index in [-0.39, 0.29) is 11.9 Å². The monoisotopic (exact) mass is 389 g/mol. The number of H-pyrrole nitrogens is 1. The molecule has 2 aromatic rings. The van der Waals surface area contributed by atoms with Crippen molar-refractivity contribution in [3.8, 4) is 0 Å². The van der Waals surface area contributed by atoms with Gasteiger partial charge in [0.2, 0.25) is 10.0 Å². The molecule has 1 aliphatic heterocycles. The van der Waals surface area contributed by atoms with Gasteiger partial charge in [-0.3, -0.25) is 4.79 Å². The smallest absolute Gasteiger partial charge is 0.267 e. The van der Waals surface area contributed by atoms with Crippen molar-refractivity contribution in [2.45, 2.75) is 56.4 Å². The van der Waals surface area contributed by atoms with E-state index in [0.29, 0.717) is 29.6 Å². The van der Waals surface area contributed by atoms with Crippen LogP contribution in [0.2, 0.25) is 0 Å². The number of piperidine rings is 1. The molecule has 4 rings (SSSR count). The molecule has 0 atom stereocenters. The van der Waals surface area contributed by atoms with Crippen LogP contribution >= 0.6 is 0 Å². The minimum Gasteiger partial charge on any atom is -0.351 e. The summed E-state index contributed by atoms with van der Waals surface area (Å²) in [5, 5.41) is 3.81. The number of hydrogen-bond donors (Lipinski definition) is 2. The summed E-state index contributed by atoms with van der Waals surface area (Å²) in [6.07, 6.45) is 6.18. The number of aromatic nitrogens is 1. The zero-order valence-corrected chi connectivity index (χ0v) is 16.5. The molecule has 1 amide bonds. The first kappa shape index (κ1) is 18.5. The van der Waals surface area contributed by atoms with Crippen LogP contribution in [-0.4, -0.2) is 42.7 Å². The SMILES string of the molecule is CC1CCN(S(=O)(=O)c2ccc3[nH]c(C(=O)NC4CCCC4)cc3c2)CC1. The molecule has 1 saturated heterocycles. The molecule has 0 unspecified atom stereocenters. The summed E-state index contributed by atoms with van der Waals surface area (Å²) in [5.74, 6) is 0.456. The van der Waals surface area contributed by atoms with Crippen LogP contribution in [0.5, 0.6) is 0 Å². The van der Waals surface area contributed by atoms with E-state index >= 15 is 0 Å². The molecule has 1 aromatic heterocycles. The van der Waals surface area contributed by atoms with Gasteiger partial charge >= 0.3 is 0 Å². The number of sulfonamides is 1. The van der Waals surface area contributed by atoms with Gasteiger partial charge in [-0.15, -0.1) is 0 Å². The van der Waals surface area contributed by atoms with Crippen molar-refractivity contribution in [3.63, 3.8) is 0 Å². The van der Waals surface area contributed by atoms with Gasteiger partial charge in [0.15, 0.2) is 0 Å². The van der Waals surface area contributed by atoms with E-state index in [1.54, 1.807) is 28.6 Å². The summed E-state index contributed by atoms with van der Waals surface area (Å²) in [6, 6.07) is 7.05. The summed E-state index contributed by atoms with van der Waals surface area (Å²) in [7, 11) is -3.49. The molecule has 0 bridgehead atoms. The number of benzene rings is 1. The van der Waals surface area contributed by atoms with Crippen molar-refractivity contribution in [2.24, 2.45) is 5.92 Å². The fourth-order valence-corrected chi connectivity index (χ4v) is 5.61. The van der Waals surface area contributed by atoms with E-state index < -0.39 is 10.0 Å². The lowest BCUT2D eigenvalue weighted by Crippen LogP contribution is -2.37. The second-order valence-electron chi connectivity index (χ2n) is 7.97. The highest BCUT2D eigenvalue weighted by atomic mass is 32.2. The minimum absolute atomic E-state index is 0.118. The number of nitrogens with zero attached hydrogens (tertiary/aromatic N) is 1. The van der Waals surface area contributed by atoms with Crippen LogP contribution in [0.25, 0.3) is 10.9 Å². The zero-order valence-electron chi connectivity index (χ0n) is 15.7. The first-order valence-electron chi connectivity index (χ1n) is 9.87. The second kappa shape index (κ2) is 7.28. The largest absolute Gasteiger partial charge is 0.351 e. The maximum atomic E-state index is 12.9. The average molecular weight is 390 g/mol. The number of rotatable bonds is 4. The number of carbonyl (C=O) groups is 1. The van der Waals surface area contributed by atoms with Gasteiger partial charge in [0.05, 0.1) is 4.90 Å². The molecule has 1 aromatic carbocycles. The summed E-state index contributed by atoms with van der Waals surface area (Å²) < 4.78 is 27.5. The predicted molar refractivity (Wildman–Crippen MR) is 105 cm³/mol.